The molecule has 24 heavy (non-hydrogen) atoms. The summed E-state index contributed by atoms with van der Waals surface area (Å²) in [5.41, 5.74) is 1.51. The molecule has 0 spiro atoms. The second kappa shape index (κ2) is 8.05. The quantitative estimate of drug-likeness (QED) is 0.283. The van der Waals surface area contributed by atoms with Crippen LogP contribution in [0.2, 0.25) is 23.2 Å². The zero-order chi connectivity index (χ0) is 17.7. The zero-order valence-electron chi connectivity index (χ0n) is 14.3. The highest BCUT2D eigenvalue weighted by Gasteiger charge is 2.37. The smallest absolute Gasteiger partial charge is 0.310 e. The van der Waals surface area contributed by atoms with Gasteiger partial charge in [0.05, 0.1) is 21.9 Å². The van der Waals surface area contributed by atoms with Crippen LogP contribution in [0.4, 0.5) is 0 Å². The van der Waals surface area contributed by atoms with Crippen molar-refractivity contribution in [1.82, 2.24) is 4.98 Å². The van der Waals surface area contributed by atoms with Crippen molar-refractivity contribution in [3.63, 3.8) is 0 Å². The molecule has 2 rings (SSSR count). The van der Waals surface area contributed by atoms with Crippen LogP contribution < -0.4 is 0 Å². The van der Waals surface area contributed by atoms with Crippen molar-refractivity contribution in [1.29, 1.82) is 0 Å². The van der Waals surface area contributed by atoms with E-state index in [1.54, 1.807) is 6.20 Å². The fourth-order valence-corrected chi connectivity index (χ4v) is 5.98. The lowest BCUT2D eigenvalue weighted by molar-refractivity contribution is -0.564. The Morgan fingerprint density at radius 3 is 2.46 bits per heavy atom. The lowest BCUT2D eigenvalue weighted by Crippen LogP contribution is -2.43. The number of fused-ring (bicyclic) bond motifs is 1. The molecule has 1 heterocycles. The highest BCUT2D eigenvalue weighted by atomic mass is 35.5. The van der Waals surface area contributed by atoms with Gasteiger partial charge >= 0.3 is 6.23 Å². The number of aromatic nitrogens is 1. The molecule has 0 amide bonds. The minimum absolute atomic E-state index is 0.156. The minimum atomic E-state index is -2.08. The first-order valence-electron chi connectivity index (χ1n) is 8.29. The van der Waals surface area contributed by atoms with Crippen molar-refractivity contribution in [3.8, 4) is 0 Å². The summed E-state index contributed by atoms with van der Waals surface area (Å²) in [6.45, 7) is 6.18. The van der Waals surface area contributed by atoms with Gasteiger partial charge in [0.15, 0.2) is 0 Å². The Hall–Kier alpha value is -1.50. The first-order valence-corrected chi connectivity index (χ1v) is 11.2. The van der Waals surface area contributed by atoms with E-state index in [9.17, 15) is 10.1 Å². The Morgan fingerprint density at radius 1 is 1.25 bits per heavy atom. The highest BCUT2D eigenvalue weighted by molar-refractivity contribution is 6.73. The van der Waals surface area contributed by atoms with Gasteiger partial charge in [0.1, 0.15) is 0 Å². The standard InChI is InChI=1S/C17H23ClN2O3Si/c1-4-24(5-2,6-3)23-17(20(21)22)11-14-13-9-7-8-10-16(13)19-12-15(14)18/h7-10,12,17H,4-6,11H2,1-3H3. The van der Waals surface area contributed by atoms with Gasteiger partial charge in [0.2, 0.25) is 8.32 Å². The third kappa shape index (κ3) is 3.94. The molecule has 0 bridgehead atoms. The molecule has 130 valence electrons. The summed E-state index contributed by atoms with van der Waals surface area (Å²) in [6, 6.07) is 10.2. The maximum Gasteiger partial charge on any atom is 0.310 e. The van der Waals surface area contributed by atoms with Crippen LogP contribution >= 0.6 is 11.6 Å². The van der Waals surface area contributed by atoms with Crippen LogP contribution in [0.1, 0.15) is 26.3 Å². The predicted octanol–water partition coefficient (Wildman–Crippen LogP) is 5.06. The number of hydrogen-bond acceptors (Lipinski definition) is 4. The van der Waals surface area contributed by atoms with Gasteiger partial charge in [-0.25, -0.2) is 0 Å². The number of hydrogen-bond donors (Lipinski definition) is 0. The molecule has 0 aliphatic heterocycles. The van der Waals surface area contributed by atoms with Crippen molar-refractivity contribution in [2.75, 3.05) is 0 Å². The minimum Gasteiger partial charge on any atom is -0.359 e. The Labute approximate surface area is 148 Å². The summed E-state index contributed by atoms with van der Waals surface area (Å²) in [5, 5.41) is 12.9. The van der Waals surface area contributed by atoms with Gasteiger partial charge < -0.3 is 4.43 Å². The molecule has 1 aromatic heterocycles. The van der Waals surface area contributed by atoms with Gasteiger partial charge in [-0.15, -0.1) is 0 Å². The summed E-state index contributed by atoms with van der Waals surface area (Å²) >= 11 is 6.30. The van der Waals surface area contributed by atoms with E-state index in [1.165, 1.54) is 0 Å². The van der Waals surface area contributed by atoms with Crippen LogP contribution in [0.15, 0.2) is 30.5 Å². The highest BCUT2D eigenvalue weighted by Crippen LogP contribution is 2.29. The Bertz CT molecular complexity index is 714. The lowest BCUT2D eigenvalue weighted by atomic mass is 10.1. The average Bonchev–Trinajstić information content (AvgIpc) is 2.60. The number of nitrogens with zero attached hydrogens (tertiary/aromatic N) is 2. The van der Waals surface area contributed by atoms with Crippen LogP contribution in [-0.4, -0.2) is 24.5 Å². The maximum absolute atomic E-state index is 11.6. The molecule has 5 nitrogen and oxygen atoms in total. The van der Waals surface area contributed by atoms with Crippen molar-refractivity contribution >= 4 is 30.8 Å². The van der Waals surface area contributed by atoms with Gasteiger partial charge in [-0.2, -0.15) is 0 Å². The second-order valence-electron chi connectivity index (χ2n) is 5.91. The third-order valence-corrected chi connectivity index (χ3v) is 9.73. The molecule has 0 saturated carbocycles. The summed E-state index contributed by atoms with van der Waals surface area (Å²) < 4.78 is 6.12. The normalized spacial score (nSPS) is 13.2. The number of benzene rings is 1. The number of halogens is 1. The summed E-state index contributed by atoms with van der Waals surface area (Å²) in [5.74, 6) is 0. The molecule has 0 N–H and O–H groups in total. The molecule has 0 radical (unpaired) electrons. The number of rotatable bonds is 8. The molecule has 1 atom stereocenters. The van der Waals surface area contributed by atoms with Crippen molar-refractivity contribution in [3.05, 3.63) is 51.2 Å². The molecule has 7 heteroatoms. The monoisotopic (exact) mass is 366 g/mol. The molecule has 1 aromatic carbocycles. The number of pyridine rings is 1. The fraction of sp³-hybridized carbons (Fsp3) is 0.471. The Kier molecular flexibility index (Phi) is 6.32. The van der Waals surface area contributed by atoms with E-state index in [0.717, 1.165) is 34.6 Å². The molecule has 0 fully saturated rings. The lowest BCUT2D eigenvalue weighted by Gasteiger charge is -2.29. The molecular weight excluding hydrogens is 344 g/mol. The van der Waals surface area contributed by atoms with E-state index in [-0.39, 0.29) is 11.3 Å². The topological polar surface area (TPSA) is 65.3 Å². The zero-order valence-corrected chi connectivity index (χ0v) is 16.0. The molecule has 2 aromatic rings. The van der Waals surface area contributed by atoms with E-state index in [4.69, 9.17) is 16.0 Å². The van der Waals surface area contributed by atoms with E-state index < -0.39 is 14.5 Å². The summed E-state index contributed by atoms with van der Waals surface area (Å²) in [6.07, 6.45) is 0.643. The predicted molar refractivity (Wildman–Crippen MR) is 99.5 cm³/mol. The van der Waals surface area contributed by atoms with Crippen LogP contribution in [0, 0.1) is 10.1 Å². The Balaban J connectivity index is 2.39. The first-order chi connectivity index (χ1) is 11.5. The van der Waals surface area contributed by atoms with E-state index in [2.05, 4.69) is 25.8 Å². The molecule has 0 aliphatic rings. The molecule has 0 saturated heterocycles. The van der Waals surface area contributed by atoms with Crippen LogP contribution in [0.3, 0.4) is 0 Å². The molecule has 1 unspecified atom stereocenters. The van der Waals surface area contributed by atoms with Crippen LogP contribution in [0.5, 0.6) is 0 Å². The van der Waals surface area contributed by atoms with Crippen molar-refractivity contribution in [2.24, 2.45) is 0 Å². The van der Waals surface area contributed by atoms with Crippen LogP contribution in [0.25, 0.3) is 10.9 Å². The van der Waals surface area contributed by atoms with Gasteiger partial charge in [0, 0.05) is 11.6 Å². The van der Waals surface area contributed by atoms with Gasteiger partial charge in [0.25, 0.3) is 0 Å². The third-order valence-electron chi connectivity index (χ3n) is 4.77. The first kappa shape index (κ1) is 18.8. The second-order valence-corrected chi connectivity index (χ2v) is 11.0. The molecule has 0 aliphatic carbocycles. The average molecular weight is 367 g/mol. The number of nitro groups is 1. The summed E-state index contributed by atoms with van der Waals surface area (Å²) in [7, 11) is -2.08. The van der Waals surface area contributed by atoms with Gasteiger partial charge in [-0.3, -0.25) is 15.1 Å². The van der Waals surface area contributed by atoms with E-state index >= 15 is 0 Å². The van der Waals surface area contributed by atoms with Crippen molar-refractivity contribution in [2.45, 2.75) is 51.6 Å². The van der Waals surface area contributed by atoms with E-state index in [0.29, 0.717) is 5.02 Å². The maximum atomic E-state index is 11.6. The molecular formula is C17H23ClN2O3Si. The largest absolute Gasteiger partial charge is 0.359 e. The summed E-state index contributed by atoms with van der Waals surface area (Å²) in [4.78, 5) is 15.6. The number of para-hydroxylation sites is 1. The van der Waals surface area contributed by atoms with Gasteiger partial charge in [-0.1, -0.05) is 50.6 Å². The van der Waals surface area contributed by atoms with E-state index in [1.807, 2.05) is 24.3 Å². The van der Waals surface area contributed by atoms with Crippen LogP contribution in [-0.2, 0) is 10.8 Å². The van der Waals surface area contributed by atoms with Gasteiger partial charge in [-0.05, 0) is 29.8 Å². The fourth-order valence-electron chi connectivity index (χ4n) is 3.00. The van der Waals surface area contributed by atoms with Crippen molar-refractivity contribution < 1.29 is 9.35 Å². The Morgan fingerprint density at radius 2 is 1.88 bits per heavy atom. The SMILES string of the molecule is CC[Si](CC)(CC)OC(Cc1c(Cl)cnc2ccccc12)[N+](=O)[O-].